The van der Waals surface area contributed by atoms with Crippen molar-refractivity contribution in [3.05, 3.63) is 76.8 Å². The number of ether oxygens (including phenoxy) is 2. The number of carbonyl (C=O) groups excluding carboxylic acids is 1. The van der Waals surface area contributed by atoms with Crippen LogP contribution in [0.2, 0.25) is 0 Å². The van der Waals surface area contributed by atoms with Crippen LogP contribution in [0.5, 0.6) is 11.5 Å². The molecule has 1 atom stereocenters. The van der Waals surface area contributed by atoms with E-state index in [0.717, 1.165) is 27.4 Å². The van der Waals surface area contributed by atoms with Gasteiger partial charge in [-0.15, -0.1) is 0 Å². The van der Waals surface area contributed by atoms with Gasteiger partial charge in [-0.2, -0.15) is 0 Å². The summed E-state index contributed by atoms with van der Waals surface area (Å²) in [5, 5.41) is 3.09. The zero-order chi connectivity index (χ0) is 20.6. The predicted molar refractivity (Wildman–Crippen MR) is 115 cm³/mol. The third-order valence-corrected chi connectivity index (χ3v) is 5.01. The van der Waals surface area contributed by atoms with E-state index < -0.39 is 0 Å². The fourth-order valence-electron chi connectivity index (χ4n) is 2.96. The second-order valence-corrected chi connectivity index (χ2v) is 7.50. The van der Waals surface area contributed by atoms with E-state index in [4.69, 9.17) is 9.47 Å². The maximum Gasteiger partial charge on any atom is 0.220 e. The summed E-state index contributed by atoms with van der Waals surface area (Å²) in [4.78, 5) is 17.0. The number of aromatic nitrogens is 2. The van der Waals surface area contributed by atoms with E-state index >= 15 is 0 Å². The minimum atomic E-state index is -0.356. The molecule has 0 spiro atoms. The van der Waals surface area contributed by atoms with Gasteiger partial charge in [0.1, 0.15) is 23.4 Å². The molecule has 0 aliphatic heterocycles. The van der Waals surface area contributed by atoms with Gasteiger partial charge >= 0.3 is 0 Å². The quantitative estimate of drug-likeness (QED) is 0.487. The first-order valence-corrected chi connectivity index (χ1v) is 10.1. The van der Waals surface area contributed by atoms with Gasteiger partial charge in [-0.1, -0.05) is 28.1 Å². The van der Waals surface area contributed by atoms with Crippen LogP contribution in [-0.4, -0.2) is 29.2 Å². The lowest BCUT2D eigenvalue weighted by atomic mass is 10.1. The van der Waals surface area contributed by atoms with E-state index in [1.807, 2.05) is 66.3 Å². The molecule has 1 heterocycles. The summed E-state index contributed by atoms with van der Waals surface area (Å²) in [5.74, 6) is 2.23. The topological polar surface area (TPSA) is 65.4 Å². The molecule has 152 valence electrons. The van der Waals surface area contributed by atoms with Gasteiger partial charge in [0.05, 0.1) is 13.7 Å². The number of hydrogen-bond acceptors (Lipinski definition) is 4. The number of nitrogens with one attached hydrogen (secondary N) is 1. The molecular formula is C22H24BrN3O3. The third-order valence-electron chi connectivity index (χ3n) is 4.48. The highest BCUT2D eigenvalue weighted by molar-refractivity contribution is 9.10. The first kappa shape index (κ1) is 20.9. The molecule has 0 bridgehead atoms. The lowest BCUT2D eigenvalue weighted by Gasteiger charge is -2.20. The average molecular weight is 458 g/mol. The summed E-state index contributed by atoms with van der Waals surface area (Å²) < 4.78 is 13.9. The molecule has 0 aliphatic carbocycles. The van der Waals surface area contributed by atoms with Crippen LogP contribution in [-0.2, 0) is 11.8 Å². The highest BCUT2D eigenvalue weighted by atomic mass is 79.9. The minimum Gasteiger partial charge on any atom is -0.497 e. The van der Waals surface area contributed by atoms with Crippen molar-refractivity contribution in [2.45, 2.75) is 18.9 Å². The summed E-state index contributed by atoms with van der Waals surface area (Å²) >= 11 is 3.40. The molecular weight excluding hydrogens is 434 g/mol. The van der Waals surface area contributed by atoms with Gasteiger partial charge in [-0.3, -0.25) is 4.79 Å². The molecule has 29 heavy (non-hydrogen) atoms. The molecule has 0 saturated carbocycles. The first-order valence-electron chi connectivity index (χ1n) is 9.35. The lowest BCUT2D eigenvalue weighted by molar-refractivity contribution is -0.121. The van der Waals surface area contributed by atoms with Gasteiger partial charge in [0, 0.05) is 30.3 Å². The number of aryl methyl sites for hydroxylation is 1. The zero-order valence-electron chi connectivity index (χ0n) is 16.5. The Hall–Kier alpha value is -2.80. The second-order valence-electron chi connectivity index (χ2n) is 6.58. The zero-order valence-corrected chi connectivity index (χ0v) is 18.1. The summed E-state index contributed by atoms with van der Waals surface area (Å²) in [6.45, 7) is 0.473. The number of halogens is 1. The molecule has 2 aromatic carbocycles. The van der Waals surface area contributed by atoms with Crippen molar-refractivity contribution in [2.24, 2.45) is 7.05 Å². The number of hydrogen-bond donors (Lipinski definition) is 1. The molecule has 1 amide bonds. The van der Waals surface area contributed by atoms with Crippen LogP contribution in [0.15, 0.2) is 65.4 Å². The predicted octanol–water partition coefficient (Wildman–Crippen LogP) is 4.26. The summed E-state index contributed by atoms with van der Waals surface area (Å²) in [6.07, 6.45) is 4.57. The Morgan fingerprint density at radius 2 is 2.00 bits per heavy atom. The maximum atomic E-state index is 12.6. The fourth-order valence-corrected chi connectivity index (χ4v) is 3.22. The van der Waals surface area contributed by atoms with E-state index in [9.17, 15) is 4.79 Å². The summed E-state index contributed by atoms with van der Waals surface area (Å²) in [7, 11) is 3.53. The summed E-state index contributed by atoms with van der Waals surface area (Å²) in [5.41, 5.74) is 0.915. The minimum absolute atomic E-state index is 0.0553. The van der Waals surface area contributed by atoms with E-state index in [1.54, 1.807) is 13.3 Å². The Balaban J connectivity index is 1.60. The standard InChI is InChI=1S/C22H24BrN3O3/c1-26-13-12-24-22(26)21(16-5-3-6-19(15-16)28-2)25-20(27)7-4-14-29-18-10-8-17(23)9-11-18/h3,5-6,8-13,15,21H,4,7,14H2,1-2H3,(H,25,27)/t21-/m0/s1. The molecule has 0 aliphatic rings. The molecule has 7 heteroatoms. The van der Waals surface area contributed by atoms with Crippen LogP contribution in [0.4, 0.5) is 0 Å². The van der Waals surface area contributed by atoms with Crippen LogP contribution in [0.25, 0.3) is 0 Å². The highest BCUT2D eigenvalue weighted by Gasteiger charge is 2.21. The molecule has 0 fully saturated rings. The Morgan fingerprint density at radius 1 is 1.21 bits per heavy atom. The van der Waals surface area contributed by atoms with Crippen molar-refractivity contribution in [2.75, 3.05) is 13.7 Å². The van der Waals surface area contributed by atoms with Crippen LogP contribution < -0.4 is 14.8 Å². The Kier molecular flexibility index (Phi) is 7.30. The smallest absolute Gasteiger partial charge is 0.220 e. The molecule has 6 nitrogen and oxygen atoms in total. The SMILES string of the molecule is COc1cccc([C@H](NC(=O)CCCOc2ccc(Br)cc2)c2nccn2C)c1. The van der Waals surface area contributed by atoms with Crippen LogP contribution in [0.3, 0.4) is 0 Å². The highest BCUT2D eigenvalue weighted by Crippen LogP contribution is 2.24. The van der Waals surface area contributed by atoms with Crippen LogP contribution in [0, 0.1) is 0 Å². The molecule has 0 unspecified atom stereocenters. The van der Waals surface area contributed by atoms with Crippen LogP contribution >= 0.6 is 15.9 Å². The number of amides is 1. The van der Waals surface area contributed by atoms with Crippen molar-refractivity contribution in [1.29, 1.82) is 0 Å². The van der Waals surface area contributed by atoms with Gasteiger partial charge in [-0.25, -0.2) is 4.98 Å². The number of nitrogens with zero attached hydrogens (tertiary/aromatic N) is 2. The van der Waals surface area contributed by atoms with Crippen molar-refractivity contribution in [3.63, 3.8) is 0 Å². The Labute approximate surface area is 179 Å². The Morgan fingerprint density at radius 3 is 2.69 bits per heavy atom. The molecule has 3 rings (SSSR count). The van der Waals surface area contributed by atoms with Crippen molar-refractivity contribution >= 4 is 21.8 Å². The number of rotatable bonds is 9. The summed E-state index contributed by atoms with van der Waals surface area (Å²) in [6, 6.07) is 14.9. The second kappa shape index (κ2) is 10.1. The van der Waals surface area contributed by atoms with Gasteiger partial charge in [0.25, 0.3) is 0 Å². The average Bonchev–Trinajstić information content (AvgIpc) is 3.16. The van der Waals surface area contributed by atoms with E-state index in [0.29, 0.717) is 19.4 Å². The largest absolute Gasteiger partial charge is 0.497 e. The van der Waals surface area contributed by atoms with E-state index in [2.05, 4.69) is 26.2 Å². The van der Waals surface area contributed by atoms with Gasteiger partial charge in [0.15, 0.2) is 0 Å². The van der Waals surface area contributed by atoms with Crippen molar-refractivity contribution < 1.29 is 14.3 Å². The molecule has 1 aromatic heterocycles. The number of benzene rings is 2. The third kappa shape index (κ3) is 5.84. The molecule has 0 saturated heterocycles. The normalized spacial score (nSPS) is 11.7. The first-order chi connectivity index (χ1) is 14.1. The van der Waals surface area contributed by atoms with Crippen LogP contribution in [0.1, 0.15) is 30.3 Å². The van der Waals surface area contributed by atoms with Gasteiger partial charge in [0.2, 0.25) is 5.91 Å². The van der Waals surface area contributed by atoms with Crippen molar-refractivity contribution in [3.8, 4) is 11.5 Å². The molecule has 3 aromatic rings. The number of imidazole rings is 1. The van der Waals surface area contributed by atoms with E-state index in [1.165, 1.54) is 0 Å². The molecule has 1 N–H and O–H groups in total. The maximum absolute atomic E-state index is 12.6. The fraction of sp³-hybridized carbons (Fsp3) is 0.273. The lowest BCUT2D eigenvalue weighted by Crippen LogP contribution is -2.31. The van der Waals surface area contributed by atoms with Crippen molar-refractivity contribution in [1.82, 2.24) is 14.9 Å². The number of methoxy groups -OCH3 is 1. The monoisotopic (exact) mass is 457 g/mol. The van der Waals surface area contributed by atoms with E-state index in [-0.39, 0.29) is 11.9 Å². The Bertz CT molecular complexity index is 940. The van der Waals surface area contributed by atoms with Gasteiger partial charge in [-0.05, 0) is 48.4 Å². The molecule has 0 radical (unpaired) electrons. The van der Waals surface area contributed by atoms with Gasteiger partial charge < -0.3 is 19.4 Å². The number of carbonyl (C=O) groups is 1.